The van der Waals surface area contributed by atoms with E-state index in [4.69, 9.17) is 0 Å². The van der Waals surface area contributed by atoms with Gasteiger partial charge in [0.25, 0.3) is 0 Å². The largest absolute Gasteiger partial charge is 0.338 e. The molecule has 0 unspecified atom stereocenters. The summed E-state index contributed by atoms with van der Waals surface area (Å²) in [7, 11) is 1.85. The molecule has 2 fully saturated rings. The normalized spacial score (nSPS) is 20.4. The third kappa shape index (κ3) is 5.11. The van der Waals surface area contributed by atoms with Gasteiger partial charge < -0.3 is 9.80 Å². The number of carbonyl (C=O) groups excluding carboxylic acids is 2. The van der Waals surface area contributed by atoms with Gasteiger partial charge in [-0.1, -0.05) is 35.9 Å². The van der Waals surface area contributed by atoms with Gasteiger partial charge >= 0.3 is 0 Å². The lowest BCUT2D eigenvalue weighted by Gasteiger charge is -2.28. The number of aryl methyl sites for hydroxylation is 2. The van der Waals surface area contributed by atoms with E-state index < -0.39 is 5.41 Å². The molecule has 2 amide bonds. The molecule has 11 nitrogen and oxygen atoms in total. The molecule has 3 aromatic heterocycles. The summed E-state index contributed by atoms with van der Waals surface area (Å²) < 4.78 is 1.68. The number of fused-ring (bicyclic) bond motifs is 1. The second-order valence-electron chi connectivity index (χ2n) is 12.7. The van der Waals surface area contributed by atoms with Crippen LogP contribution in [0, 0.1) is 12.3 Å². The van der Waals surface area contributed by atoms with Crippen LogP contribution in [-0.2, 0) is 16.6 Å². The standard InChI is InChI=1S/C34H35N9O2S/c1-22-3-5-23(6-4-22)30-26-17-25(7-8-27(26)37-38-30)43-16-12-34(33(43)45)11-15-41(20-34)19-29(44)42-13-9-24(10-14-42)32-35-18-28(46-32)31-36-21-40(2)39-31/h3-9,17-18,21H,10-16,19-20H2,1-2H3,(H,37,38)/t34-/m0/s1. The van der Waals surface area contributed by atoms with Crippen LogP contribution in [0.4, 0.5) is 5.69 Å². The number of aromatic nitrogens is 6. The van der Waals surface area contributed by atoms with Crippen LogP contribution in [0.25, 0.3) is 38.4 Å². The van der Waals surface area contributed by atoms with Crippen LogP contribution >= 0.6 is 11.3 Å². The minimum absolute atomic E-state index is 0.112. The zero-order valence-corrected chi connectivity index (χ0v) is 26.8. The average Bonchev–Trinajstić information content (AvgIpc) is 3.91. The van der Waals surface area contributed by atoms with Gasteiger partial charge in [0.1, 0.15) is 11.3 Å². The average molecular weight is 634 g/mol. The van der Waals surface area contributed by atoms with Gasteiger partial charge in [0.05, 0.1) is 28.0 Å². The molecule has 3 aliphatic rings. The summed E-state index contributed by atoms with van der Waals surface area (Å²) in [5.41, 5.74) is 5.71. The number of hydrogen-bond acceptors (Lipinski definition) is 8. The van der Waals surface area contributed by atoms with Crippen LogP contribution in [0.15, 0.2) is 61.1 Å². The predicted octanol–water partition coefficient (Wildman–Crippen LogP) is 4.54. The van der Waals surface area contributed by atoms with Gasteiger partial charge in [0.15, 0.2) is 5.82 Å². The summed E-state index contributed by atoms with van der Waals surface area (Å²) in [5, 5.41) is 14.1. The molecule has 0 radical (unpaired) electrons. The Labute approximate surface area is 270 Å². The third-order valence-corrected chi connectivity index (χ3v) is 10.7. The first kappa shape index (κ1) is 28.8. The quantitative estimate of drug-likeness (QED) is 0.292. The third-order valence-electron chi connectivity index (χ3n) is 9.65. The fraction of sp³-hybridized carbons (Fsp3) is 0.353. The van der Waals surface area contributed by atoms with Crippen LogP contribution in [0.5, 0.6) is 0 Å². The lowest BCUT2D eigenvalue weighted by Crippen LogP contribution is -2.43. The molecular weight excluding hydrogens is 599 g/mol. The van der Waals surface area contributed by atoms with Crippen molar-refractivity contribution in [3.05, 3.63) is 71.6 Å². The number of nitrogens with one attached hydrogen (secondary N) is 1. The maximum absolute atomic E-state index is 14.0. The number of benzene rings is 2. The van der Waals surface area contributed by atoms with Crippen LogP contribution in [0.3, 0.4) is 0 Å². The van der Waals surface area contributed by atoms with E-state index in [1.807, 2.05) is 35.2 Å². The Hall–Kier alpha value is -4.68. The van der Waals surface area contributed by atoms with Crippen LogP contribution in [-0.4, -0.2) is 90.8 Å². The number of thiazole rings is 1. The molecule has 12 heteroatoms. The van der Waals surface area contributed by atoms with Gasteiger partial charge in [-0.15, -0.1) is 11.3 Å². The molecule has 0 saturated carbocycles. The Bertz CT molecular complexity index is 1990. The van der Waals surface area contributed by atoms with E-state index in [1.54, 1.807) is 22.3 Å². The highest BCUT2D eigenvalue weighted by Gasteiger charge is 2.51. The van der Waals surface area contributed by atoms with Crippen molar-refractivity contribution >= 4 is 45.3 Å². The molecule has 46 heavy (non-hydrogen) atoms. The number of anilines is 1. The van der Waals surface area contributed by atoms with Crippen LogP contribution in [0.2, 0.25) is 0 Å². The van der Waals surface area contributed by atoms with Crippen molar-refractivity contribution in [1.29, 1.82) is 0 Å². The number of aromatic amines is 1. The van der Waals surface area contributed by atoms with Crippen LogP contribution < -0.4 is 4.90 Å². The number of amides is 2. The van der Waals surface area contributed by atoms with Gasteiger partial charge in [-0.2, -0.15) is 10.2 Å². The molecule has 2 saturated heterocycles. The zero-order valence-electron chi connectivity index (χ0n) is 25.9. The molecule has 6 heterocycles. The summed E-state index contributed by atoms with van der Waals surface area (Å²) in [6.07, 6.45) is 7.95. The van der Waals surface area contributed by atoms with Crippen molar-refractivity contribution < 1.29 is 9.59 Å². The highest BCUT2D eigenvalue weighted by molar-refractivity contribution is 7.16. The van der Waals surface area contributed by atoms with E-state index in [1.165, 1.54) is 5.56 Å². The van der Waals surface area contributed by atoms with E-state index in [9.17, 15) is 9.59 Å². The number of H-pyrrole nitrogens is 1. The highest BCUT2D eigenvalue weighted by Crippen LogP contribution is 2.43. The molecule has 1 spiro atoms. The van der Waals surface area contributed by atoms with Gasteiger partial charge in [-0.05, 0) is 56.5 Å². The number of likely N-dealkylation sites (tertiary alicyclic amines) is 1. The summed E-state index contributed by atoms with van der Waals surface area (Å²) in [6.45, 7) is 5.69. The summed E-state index contributed by atoms with van der Waals surface area (Å²) in [4.78, 5) is 43.2. The molecule has 1 atom stereocenters. The Morgan fingerprint density at radius 1 is 1.07 bits per heavy atom. The van der Waals surface area contributed by atoms with Gasteiger partial charge in [0, 0.05) is 56.1 Å². The summed E-state index contributed by atoms with van der Waals surface area (Å²) in [5.74, 6) is 0.954. The van der Waals surface area contributed by atoms with Gasteiger partial charge in [-0.3, -0.25) is 24.3 Å². The molecular formula is C34H35N9O2S. The van der Waals surface area contributed by atoms with E-state index in [2.05, 4.69) is 73.5 Å². The second kappa shape index (κ2) is 11.3. The molecule has 1 N–H and O–H groups in total. The number of carbonyl (C=O) groups is 2. The maximum Gasteiger partial charge on any atom is 0.237 e. The van der Waals surface area contributed by atoms with Gasteiger partial charge in [0.2, 0.25) is 11.8 Å². The van der Waals surface area contributed by atoms with E-state index in [-0.39, 0.29) is 11.8 Å². The summed E-state index contributed by atoms with van der Waals surface area (Å²) in [6, 6.07) is 14.4. The van der Waals surface area contributed by atoms with Crippen molar-refractivity contribution in [3.63, 3.8) is 0 Å². The number of hydrogen-bond donors (Lipinski definition) is 1. The highest BCUT2D eigenvalue weighted by atomic mass is 32.1. The minimum Gasteiger partial charge on any atom is -0.338 e. The second-order valence-corrected chi connectivity index (χ2v) is 13.7. The molecule has 0 bridgehead atoms. The smallest absolute Gasteiger partial charge is 0.237 e. The molecule has 5 aromatic rings. The van der Waals surface area contributed by atoms with E-state index in [0.717, 1.165) is 69.1 Å². The molecule has 3 aliphatic heterocycles. The van der Waals surface area contributed by atoms with E-state index in [0.29, 0.717) is 38.5 Å². The zero-order chi connectivity index (χ0) is 31.4. The first-order valence-electron chi connectivity index (χ1n) is 15.7. The first-order chi connectivity index (χ1) is 22.3. The minimum atomic E-state index is -0.439. The first-order valence-corrected chi connectivity index (χ1v) is 16.6. The van der Waals surface area contributed by atoms with Gasteiger partial charge in [-0.25, -0.2) is 9.97 Å². The molecule has 0 aliphatic carbocycles. The van der Waals surface area contributed by atoms with Crippen molar-refractivity contribution in [2.75, 3.05) is 44.2 Å². The Kier molecular flexibility index (Phi) is 7.06. The summed E-state index contributed by atoms with van der Waals surface area (Å²) >= 11 is 1.58. The maximum atomic E-state index is 14.0. The predicted molar refractivity (Wildman–Crippen MR) is 178 cm³/mol. The Balaban J connectivity index is 0.903. The molecule has 2 aromatic carbocycles. The number of rotatable bonds is 6. The molecule has 8 rings (SSSR count). The lowest BCUT2D eigenvalue weighted by molar-refractivity contribution is -0.132. The molecule has 234 valence electrons. The Morgan fingerprint density at radius 2 is 1.91 bits per heavy atom. The number of nitrogens with zero attached hydrogens (tertiary/aromatic N) is 8. The van der Waals surface area contributed by atoms with Crippen molar-refractivity contribution in [1.82, 2.24) is 39.7 Å². The van der Waals surface area contributed by atoms with Crippen molar-refractivity contribution in [2.45, 2.75) is 26.2 Å². The fourth-order valence-corrected chi connectivity index (χ4v) is 7.92. The van der Waals surface area contributed by atoms with Crippen molar-refractivity contribution in [2.24, 2.45) is 12.5 Å². The Morgan fingerprint density at radius 3 is 2.70 bits per heavy atom. The topological polar surface area (TPSA) is 116 Å². The van der Waals surface area contributed by atoms with Crippen molar-refractivity contribution in [3.8, 4) is 22.0 Å². The van der Waals surface area contributed by atoms with E-state index >= 15 is 0 Å². The lowest BCUT2D eigenvalue weighted by atomic mass is 9.85. The fourth-order valence-electron chi connectivity index (χ4n) is 7.00. The SMILES string of the molecule is Cc1ccc(-c2n[nH]c3ccc(N4CC[C@]5(CCN(CC(=O)N6CC=C(c7ncc(-c8ncn(C)n8)s7)CC6)C5)C4=O)cc23)cc1. The monoisotopic (exact) mass is 633 g/mol. The van der Waals surface area contributed by atoms with Crippen LogP contribution in [0.1, 0.15) is 29.8 Å².